The summed E-state index contributed by atoms with van der Waals surface area (Å²) in [6.45, 7) is 2.49. The molecular formula is C26H26N2O3S. The number of carbonyl (C=O) groups excluding carboxylic acids is 1. The van der Waals surface area contributed by atoms with Crippen molar-refractivity contribution in [2.45, 2.75) is 31.7 Å². The highest BCUT2D eigenvalue weighted by Gasteiger charge is 2.36. The van der Waals surface area contributed by atoms with Crippen molar-refractivity contribution in [3.05, 3.63) is 81.7 Å². The maximum Gasteiger partial charge on any atom is 0.163 e. The summed E-state index contributed by atoms with van der Waals surface area (Å²) >= 11 is 1.72. The van der Waals surface area contributed by atoms with Crippen LogP contribution in [-0.2, 0) is 4.79 Å². The van der Waals surface area contributed by atoms with Crippen LogP contribution in [0.15, 0.2) is 71.2 Å². The molecule has 5 rings (SSSR count). The van der Waals surface area contributed by atoms with E-state index in [-0.39, 0.29) is 17.7 Å². The molecule has 0 amide bonds. The van der Waals surface area contributed by atoms with Crippen LogP contribution in [0.2, 0.25) is 0 Å². The van der Waals surface area contributed by atoms with Crippen LogP contribution in [0.4, 0.5) is 11.4 Å². The van der Waals surface area contributed by atoms with Crippen molar-refractivity contribution >= 4 is 28.5 Å². The number of nitrogens with one attached hydrogen (secondary N) is 2. The first-order valence-corrected chi connectivity index (χ1v) is 11.8. The van der Waals surface area contributed by atoms with Crippen LogP contribution in [0.25, 0.3) is 0 Å². The van der Waals surface area contributed by atoms with Gasteiger partial charge in [0, 0.05) is 28.5 Å². The van der Waals surface area contributed by atoms with Gasteiger partial charge < -0.3 is 20.1 Å². The molecule has 2 N–H and O–H groups in total. The van der Waals surface area contributed by atoms with Gasteiger partial charge in [-0.15, -0.1) is 11.3 Å². The molecule has 32 heavy (non-hydrogen) atoms. The Bertz CT molecular complexity index is 1170. The van der Waals surface area contributed by atoms with E-state index < -0.39 is 0 Å². The molecule has 1 aliphatic carbocycles. The van der Waals surface area contributed by atoms with Gasteiger partial charge in [-0.1, -0.05) is 24.3 Å². The highest BCUT2D eigenvalue weighted by molar-refractivity contribution is 7.10. The summed E-state index contributed by atoms with van der Waals surface area (Å²) in [6, 6.07) is 17.9. The maximum atomic E-state index is 13.6. The summed E-state index contributed by atoms with van der Waals surface area (Å²) < 4.78 is 11.3. The number of para-hydroxylation sites is 2. The normalized spacial score (nSPS) is 19.9. The number of anilines is 2. The fourth-order valence-corrected chi connectivity index (χ4v) is 5.44. The molecule has 164 valence electrons. The summed E-state index contributed by atoms with van der Waals surface area (Å²) in [4.78, 5) is 14.8. The molecule has 0 radical (unpaired) electrons. The SMILES string of the molecule is CCOc1cc([C@H]2Nc3ccccc3NC3=C2C(=O)C[C@@H](c2cccs2)C3)ccc1OC. The number of allylic oxidation sites excluding steroid dienone is 1. The van der Waals surface area contributed by atoms with Crippen LogP contribution in [0.1, 0.15) is 42.2 Å². The molecular weight excluding hydrogens is 420 g/mol. The fourth-order valence-electron chi connectivity index (χ4n) is 4.61. The van der Waals surface area contributed by atoms with Gasteiger partial charge in [0.2, 0.25) is 0 Å². The minimum atomic E-state index is -0.275. The number of methoxy groups -OCH3 is 1. The summed E-state index contributed by atoms with van der Waals surface area (Å²) in [5.41, 5.74) is 4.74. The van der Waals surface area contributed by atoms with Gasteiger partial charge >= 0.3 is 0 Å². The first-order valence-electron chi connectivity index (χ1n) is 10.9. The van der Waals surface area contributed by atoms with E-state index in [1.807, 2.05) is 49.4 Å². The van der Waals surface area contributed by atoms with Crippen molar-refractivity contribution in [2.75, 3.05) is 24.4 Å². The van der Waals surface area contributed by atoms with Crippen LogP contribution < -0.4 is 20.1 Å². The number of hydrogen-bond acceptors (Lipinski definition) is 6. The van der Waals surface area contributed by atoms with E-state index in [1.165, 1.54) is 4.88 Å². The predicted molar refractivity (Wildman–Crippen MR) is 129 cm³/mol. The average molecular weight is 447 g/mol. The van der Waals surface area contributed by atoms with E-state index >= 15 is 0 Å². The molecule has 3 aromatic rings. The Morgan fingerprint density at radius 3 is 2.62 bits per heavy atom. The Labute approximate surface area is 192 Å². The molecule has 6 heteroatoms. The Balaban J connectivity index is 1.62. The molecule has 2 aliphatic rings. The van der Waals surface area contributed by atoms with Crippen LogP contribution in [0, 0.1) is 0 Å². The van der Waals surface area contributed by atoms with Gasteiger partial charge in [0.15, 0.2) is 17.3 Å². The second kappa shape index (κ2) is 8.71. The maximum absolute atomic E-state index is 13.6. The zero-order chi connectivity index (χ0) is 22.1. The molecule has 0 spiro atoms. The second-order valence-electron chi connectivity index (χ2n) is 8.03. The Kier molecular flexibility index (Phi) is 5.62. The molecule has 1 aliphatic heterocycles. The van der Waals surface area contributed by atoms with Crippen LogP contribution in [-0.4, -0.2) is 19.5 Å². The molecule has 0 saturated carbocycles. The lowest BCUT2D eigenvalue weighted by atomic mass is 9.80. The molecule has 0 bridgehead atoms. The van der Waals surface area contributed by atoms with E-state index in [9.17, 15) is 4.79 Å². The average Bonchev–Trinajstić information content (AvgIpc) is 3.28. The summed E-state index contributed by atoms with van der Waals surface area (Å²) in [5.74, 6) is 1.75. The summed E-state index contributed by atoms with van der Waals surface area (Å²) in [7, 11) is 1.64. The minimum Gasteiger partial charge on any atom is -0.493 e. The van der Waals surface area contributed by atoms with E-state index in [4.69, 9.17) is 9.47 Å². The number of rotatable bonds is 5. The summed E-state index contributed by atoms with van der Waals surface area (Å²) in [5, 5.41) is 9.30. The van der Waals surface area contributed by atoms with Crippen molar-refractivity contribution in [3.8, 4) is 11.5 Å². The number of benzene rings is 2. The third kappa shape index (κ3) is 3.75. The molecule has 5 nitrogen and oxygen atoms in total. The lowest BCUT2D eigenvalue weighted by molar-refractivity contribution is -0.116. The smallest absolute Gasteiger partial charge is 0.163 e. The van der Waals surface area contributed by atoms with E-state index in [0.717, 1.165) is 34.6 Å². The predicted octanol–water partition coefficient (Wildman–Crippen LogP) is 6.13. The van der Waals surface area contributed by atoms with Crippen molar-refractivity contribution in [3.63, 3.8) is 0 Å². The second-order valence-corrected chi connectivity index (χ2v) is 9.01. The van der Waals surface area contributed by atoms with Gasteiger partial charge in [-0.25, -0.2) is 0 Å². The van der Waals surface area contributed by atoms with Crippen LogP contribution in [0.3, 0.4) is 0 Å². The van der Waals surface area contributed by atoms with Crippen LogP contribution >= 0.6 is 11.3 Å². The third-order valence-electron chi connectivity index (χ3n) is 6.08. The van der Waals surface area contributed by atoms with Crippen LogP contribution in [0.5, 0.6) is 11.5 Å². The Hall–Kier alpha value is -3.25. The van der Waals surface area contributed by atoms with Crippen molar-refractivity contribution < 1.29 is 14.3 Å². The standard InChI is InChI=1S/C26H26N2O3S/c1-3-31-23-15-16(10-11-22(23)30-2)26-25-20(27-18-7-4-5-8-19(18)28-26)13-17(14-21(25)29)24-9-6-12-32-24/h4-12,15,17,26-28H,3,13-14H2,1-2H3/t17-,26+/m0/s1. The first kappa shape index (κ1) is 20.6. The lowest BCUT2D eigenvalue weighted by Crippen LogP contribution is -2.26. The first-order chi connectivity index (χ1) is 15.7. The molecule has 1 aromatic heterocycles. The van der Waals surface area contributed by atoms with Crippen molar-refractivity contribution in [1.29, 1.82) is 0 Å². The van der Waals surface area contributed by atoms with Crippen molar-refractivity contribution in [2.24, 2.45) is 0 Å². The minimum absolute atomic E-state index is 0.177. The van der Waals surface area contributed by atoms with Crippen molar-refractivity contribution in [1.82, 2.24) is 0 Å². The molecule has 2 atom stereocenters. The largest absolute Gasteiger partial charge is 0.493 e. The fraction of sp³-hybridized carbons (Fsp3) is 0.269. The number of thiophene rings is 1. The van der Waals surface area contributed by atoms with Gasteiger partial charge in [0.25, 0.3) is 0 Å². The van der Waals surface area contributed by atoms with E-state index in [2.05, 4.69) is 28.1 Å². The summed E-state index contributed by atoms with van der Waals surface area (Å²) in [6.07, 6.45) is 1.33. The third-order valence-corrected chi connectivity index (χ3v) is 7.11. The van der Waals surface area contributed by atoms with Gasteiger partial charge in [-0.2, -0.15) is 0 Å². The number of hydrogen-bond donors (Lipinski definition) is 2. The molecule has 2 aromatic carbocycles. The molecule has 2 heterocycles. The van der Waals surface area contributed by atoms with Gasteiger partial charge in [-0.05, 0) is 54.6 Å². The van der Waals surface area contributed by atoms with Gasteiger partial charge in [-0.3, -0.25) is 4.79 Å². The number of ketones is 1. The number of Topliss-reactive ketones (excluding diaryl/α,β-unsaturated/α-hetero) is 1. The molecule has 0 saturated heterocycles. The lowest BCUT2D eigenvalue weighted by Gasteiger charge is -2.29. The van der Waals surface area contributed by atoms with E-state index in [0.29, 0.717) is 24.5 Å². The zero-order valence-electron chi connectivity index (χ0n) is 18.2. The number of fused-ring (bicyclic) bond motifs is 1. The molecule has 0 unspecified atom stereocenters. The number of carbonyl (C=O) groups is 1. The highest BCUT2D eigenvalue weighted by Crippen LogP contribution is 2.45. The monoisotopic (exact) mass is 446 g/mol. The Morgan fingerprint density at radius 2 is 1.88 bits per heavy atom. The Morgan fingerprint density at radius 1 is 1.03 bits per heavy atom. The van der Waals surface area contributed by atoms with Gasteiger partial charge in [0.1, 0.15) is 0 Å². The topological polar surface area (TPSA) is 59.6 Å². The van der Waals surface area contributed by atoms with E-state index in [1.54, 1.807) is 18.4 Å². The quantitative estimate of drug-likeness (QED) is 0.493. The molecule has 0 fully saturated rings. The highest BCUT2D eigenvalue weighted by atomic mass is 32.1. The van der Waals surface area contributed by atoms with Gasteiger partial charge in [0.05, 0.1) is 31.1 Å². The number of ether oxygens (including phenoxy) is 2. The zero-order valence-corrected chi connectivity index (χ0v) is 19.0.